The number of ether oxygens (including phenoxy) is 1. The van der Waals surface area contributed by atoms with Gasteiger partial charge in [0.2, 0.25) is 0 Å². The molecule has 3 nitrogen and oxygen atoms in total. The van der Waals surface area contributed by atoms with Crippen LogP contribution < -0.4 is 0 Å². The quantitative estimate of drug-likeness (QED) is 0.599. The molecule has 0 radical (unpaired) electrons. The number of carbonyl (C=O) groups excluding carboxylic acids is 1. The van der Waals surface area contributed by atoms with Crippen molar-refractivity contribution in [2.75, 3.05) is 6.61 Å². The third kappa shape index (κ3) is 0.956. The van der Waals surface area contributed by atoms with Crippen LogP contribution in [0.25, 0.3) is 0 Å². The van der Waals surface area contributed by atoms with Crippen LogP contribution in [0.2, 0.25) is 0 Å². The molecule has 0 N–H and O–H groups in total. The van der Waals surface area contributed by atoms with E-state index in [1.165, 1.54) is 25.7 Å². The number of likely N-dealkylation sites (tertiary alicyclic amines) is 1. The minimum absolute atomic E-state index is 0.0723. The van der Waals surface area contributed by atoms with Crippen LogP contribution >= 0.6 is 0 Å². The molecule has 3 fully saturated rings. The smallest absolute Gasteiger partial charge is 0.410 e. The van der Waals surface area contributed by atoms with Gasteiger partial charge in [-0.15, -0.1) is 0 Å². The third-order valence-corrected chi connectivity index (χ3v) is 4.13. The van der Waals surface area contributed by atoms with E-state index in [9.17, 15) is 4.79 Å². The number of fused-ring (bicyclic) bond motifs is 4. The first kappa shape index (κ1) is 8.57. The van der Waals surface area contributed by atoms with E-state index in [2.05, 4.69) is 0 Å². The summed E-state index contributed by atoms with van der Waals surface area (Å²) in [6.07, 6.45) is 5.32. The Morgan fingerprint density at radius 3 is 2.36 bits per heavy atom. The lowest BCUT2D eigenvalue weighted by molar-refractivity contribution is 0.133. The van der Waals surface area contributed by atoms with E-state index in [-0.39, 0.29) is 6.09 Å². The summed E-state index contributed by atoms with van der Waals surface area (Å²) in [5.41, 5.74) is 0. The molecule has 3 rings (SSSR count). The second kappa shape index (κ2) is 2.88. The number of amides is 1. The lowest BCUT2D eigenvalue weighted by Gasteiger charge is -2.36. The van der Waals surface area contributed by atoms with Crippen LogP contribution in [0.15, 0.2) is 0 Å². The van der Waals surface area contributed by atoms with Crippen molar-refractivity contribution in [3.05, 3.63) is 0 Å². The van der Waals surface area contributed by atoms with E-state index in [1.54, 1.807) is 0 Å². The third-order valence-electron chi connectivity index (χ3n) is 4.13. The van der Waals surface area contributed by atoms with Gasteiger partial charge in [-0.05, 0) is 31.6 Å². The van der Waals surface area contributed by atoms with Crippen molar-refractivity contribution in [2.24, 2.45) is 11.8 Å². The first-order valence-corrected chi connectivity index (χ1v) is 5.79. The molecule has 1 saturated heterocycles. The minimum Gasteiger partial charge on any atom is -0.450 e. The lowest BCUT2D eigenvalue weighted by Crippen LogP contribution is -2.38. The highest BCUT2D eigenvalue weighted by atomic mass is 16.6. The van der Waals surface area contributed by atoms with Crippen molar-refractivity contribution >= 4 is 6.09 Å². The fraction of sp³-hybridized carbons (Fsp3) is 0.909. The minimum atomic E-state index is -0.0723. The Balaban J connectivity index is 1.64. The van der Waals surface area contributed by atoms with Gasteiger partial charge in [0, 0.05) is 0 Å². The molecular weight excluding hydrogens is 178 g/mol. The molecule has 3 heteroatoms. The summed E-state index contributed by atoms with van der Waals surface area (Å²) >= 11 is 0. The summed E-state index contributed by atoms with van der Waals surface area (Å²) < 4.78 is 5.04. The summed E-state index contributed by atoms with van der Waals surface area (Å²) in [6.45, 7) is 2.38. The Hall–Kier alpha value is -0.730. The van der Waals surface area contributed by atoms with E-state index in [1.807, 2.05) is 11.8 Å². The molecule has 78 valence electrons. The van der Waals surface area contributed by atoms with E-state index in [0.29, 0.717) is 18.7 Å². The van der Waals surface area contributed by atoms with E-state index in [4.69, 9.17) is 4.74 Å². The van der Waals surface area contributed by atoms with Crippen molar-refractivity contribution in [3.8, 4) is 0 Å². The normalized spacial score (nSPS) is 43.4. The van der Waals surface area contributed by atoms with Gasteiger partial charge in [0.25, 0.3) is 0 Å². The van der Waals surface area contributed by atoms with E-state index >= 15 is 0 Å². The molecule has 1 amide bonds. The average molecular weight is 195 g/mol. The van der Waals surface area contributed by atoms with Gasteiger partial charge in [-0.3, -0.25) is 4.90 Å². The predicted octanol–water partition coefficient (Wildman–Crippen LogP) is 2.02. The number of nitrogens with zero attached hydrogens (tertiary/aromatic N) is 1. The van der Waals surface area contributed by atoms with Gasteiger partial charge in [-0.2, -0.15) is 0 Å². The Morgan fingerprint density at radius 2 is 1.86 bits per heavy atom. The van der Waals surface area contributed by atoms with Gasteiger partial charge in [-0.1, -0.05) is 12.8 Å². The van der Waals surface area contributed by atoms with Crippen LogP contribution in [-0.4, -0.2) is 29.7 Å². The van der Waals surface area contributed by atoms with E-state index < -0.39 is 0 Å². The Labute approximate surface area is 84.4 Å². The molecule has 2 aliphatic carbocycles. The average Bonchev–Trinajstić information content (AvgIpc) is 2.84. The lowest BCUT2D eigenvalue weighted by atomic mass is 9.66. The molecule has 3 aliphatic rings. The molecule has 1 heterocycles. The number of carbonyl (C=O) groups is 1. The first-order valence-electron chi connectivity index (χ1n) is 5.79. The predicted molar refractivity (Wildman–Crippen MR) is 51.9 cm³/mol. The highest BCUT2D eigenvalue weighted by molar-refractivity contribution is 5.73. The molecule has 4 unspecified atom stereocenters. The maximum atomic E-state index is 11.5. The molecule has 4 atom stereocenters. The van der Waals surface area contributed by atoms with Gasteiger partial charge in [0.15, 0.2) is 0 Å². The number of hydrogen-bond acceptors (Lipinski definition) is 2. The highest BCUT2D eigenvalue weighted by Gasteiger charge is 2.70. The summed E-state index contributed by atoms with van der Waals surface area (Å²) in [6, 6.07) is 1.14. The van der Waals surface area contributed by atoms with Gasteiger partial charge in [-0.25, -0.2) is 4.79 Å². The summed E-state index contributed by atoms with van der Waals surface area (Å²) in [4.78, 5) is 13.5. The van der Waals surface area contributed by atoms with Crippen LogP contribution in [0.1, 0.15) is 32.6 Å². The van der Waals surface area contributed by atoms with Gasteiger partial charge in [0.05, 0.1) is 18.7 Å². The van der Waals surface area contributed by atoms with Crippen LogP contribution in [-0.2, 0) is 4.74 Å². The van der Waals surface area contributed by atoms with Crippen LogP contribution in [0.3, 0.4) is 0 Å². The molecular formula is C11H17NO2. The van der Waals surface area contributed by atoms with Crippen LogP contribution in [0.4, 0.5) is 4.79 Å². The number of hydrogen-bond donors (Lipinski definition) is 0. The van der Waals surface area contributed by atoms with Gasteiger partial charge >= 0.3 is 6.09 Å². The van der Waals surface area contributed by atoms with Crippen molar-refractivity contribution in [2.45, 2.75) is 44.7 Å². The van der Waals surface area contributed by atoms with E-state index in [0.717, 1.165) is 11.8 Å². The van der Waals surface area contributed by atoms with Crippen molar-refractivity contribution in [1.82, 2.24) is 4.90 Å². The monoisotopic (exact) mass is 195 g/mol. The van der Waals surface area contributed by atoms with Crippen LogP contribution in [0.5, 0.6) is 0 Å². The fourth-order valence-corrected chi connectivity index (χ4v) is 3.52. The molecule has 0 aromatic carbocycles. The first-order chi connectivity index (χ1) is 6.84. The second-order valence-electron chi connectivity index (χ2n) is 4.70. The largest absolute Gasteiger partial charge is 0.450 e. The molecule has 0 aromatic heterocycles. The zero-order valence-corrected chi connectivity index (χ0v) is 8.61. The Bertz CT molecular complexity index is 248. The molecule has 0 bridgehead atoms. The Morgan fingerprint density at radius 1 is 1.29 bits per heavy atom. The highest BCUT2D eigenvalue weighted by Crippen LogP contribution is 2.60. The second-order valence-corrected chi connectivity index (χ2v) is 4.70. The summed E-state index contributed by atoms with van der Waals surface area (Å²) in [7, 11) is 0. The zero-order chi connectivity index (χ0) is 9.71. The molecule has 2 saturated carbocycles. The molecule has 1 aliphatic heterocycles. The molecule has 0 aromatic rings. The molecule has 0 spiro atoms. The SMILES string of the molecule is CCOC(=O)N1C2C3CCCCC3C21. The topological polar surface area (TPSA) is 29.3 Å². The Kier molecular flexibility index (Phi) is 1.76. The van der Waals surface area contributed by atoms with Crippen molar-refractivity contribution in [1.29, 1.82) is 0 Å². The van der Waals surface area contributed by atoms with Gasteiger partial charge < -0.3 is 4.74 Å². The molecule has 14 heavy (non-hydrogen) atoms. The standard InChI is InChI=1S/C11H17NO2/c1-2-14-11(13)12-9-7-5-3-4-6-8(7)10(9)12/h7-10H,2-6H2,1H3. The maximum absolute atomic E-state index is 11.5. The summed E-state index contributed by atoms with van der Waals surface area (Å²) in [5, 5.41) is 0. The zero-order valence-electron chi connectivity index (χ0n) is 8.61. The number of rotatable bonds is 1. The fourth-order valence-electron chi connectivity index (χ4n) is 3.52. The summed E-state index contributed by atoms with van der Waals surface area (Å²) in [5.74, 6) is 1.64. The maximum Gasteiger partial charge on any atom is 0.410 e. The van der Waals surface area contributed by atoms with Crippen molar-refractivity contribution < 1.29 is 9.53 Å². The van der Waals surface area contributed by atoms with Gasteiger partial charge in [0.1, 0.15) is 0 Å². The van der Waals surface area contributed by atoms with Crippen LogP contribution in [0, 0.1) is 11.8 Å². The van der Waals surface area contributed by atoms with Crippen molar-refractivity contribution in [3.63, 3.8) is 0 Å².